The summed E-state index contributed by atoms with van der Waals surface area (Å²) in [6.07, 6.45) is 2.92. The maximum atomic E-state index is 11.4. The molecule has 2 aromatic carbocycles. The minimum atomic E-state index is -0.814. The van der Waals surface area contributed by atoms with Crippen LogP contribution in [0.15, 0.2) is 48.7 Å². The average molecular weight is 328 g/mol. The average Bonchev–Trinajstić information content (AvgIpc) is 2.97. The smallest absolute Gasteiger partial charge is 0.304 e. The Kier molecular flexibility index (Phi) is 4.39. The number of hydrogen-bond acceptors (Lipinski definition) is 1. The Bertz CT molecular complexity index is 836. The van der Waals surface area contributed by atoms with Crippen molar-refractivity contribution in [1.29, 1.82) is 0 Å². The number of aryl methyl sites for hydroxylation is 1. The standard InChI is InChI=1S/C19H18ClNO2/c1-2-12-4-3-5-15-17(11-21-19(12)15)16(10-18(22)23)13-6-8-14(20)9-7-13/h3-9,11,16,21H,2,10H2,1H3,(H,22,23)/t16-/m1/s1. The van der Waals surface area contributed by atoms with Crippen molar-refractivity contribution in [3.63, 3.8) is 0 Å². The lowest BCUT2D eigenvalue weighted by molar-refractivity contribution is -0.137. The van der Waals surface area contributed by atoms with Crippen LogP contribution >= 0.6 is 11.6 Å². The molecule has 2 N–H and O–H groups in total. The van der Waals surface area contributed by atoms with Gasteiger partial charge in [0.05, 0.1) is 6.42 Å². The van der Waals surface area contributed by atoms with Crippen LogP contribution in [-0.2, 0) is 11.2 Å². The van der Waals surface area contributed by atoms with E-state index in [4.69, 9.17) is 11.6 Å². The number of fused-ring (bicyclic) bond motifs is 1. The van der Waals surface area contributed by atoms with Crippen molar-refractivity contribution >= 4 is 28.5 Å². The highest BCUT2D eigenvalue weighted by Crippen LogP contribution is 2.35. The molecule has 0 amide bonds. The van der Waals surface area contributed by atoms with E-state index in [0.717, 1.165) is 28.5 Å². The zero-order valence-corrected chi connectivity index (χ0v) is 13.6. The summed E-state index contributed by atoms with van der Waals surface area (Å²) in [5, 5.41) is 11.1. The minimum Gasteiger partial charge on any atom is -0.481 e. The Hall–Kier alpha value is -2.26. The molecule has 0 unspecified atom stereocenters. The summed E-state index contributed by atoms with van der Waals surface area (Å²) in [6, 6.07) is 13.6. The zero-order valence-electron chi connectivity index (χ0n) is 12.8. The van der Waals surface area contributed by atoms with Gasteiger partial charge < -0.3 is 10.1 Å². The van der Waals surface area contributed by atoms with Gasteiger partial charge in [0.15, 0.2) is 0 Å². The molecule has 3 aromatic rings. The van der Waals surface area contributed by atoms with Gasteiger partial charge in [0.1, 0.15) is 0 Å². The first-order chi connectivity index (χ1) is 11.1. The fourth-order valence-corrected chi connectivity index (χ4v) is 3.22. The summed E-state index contributed by atoms with van der Waals surface area (Å²) in [5.41, 5.74) is 4.30. The first-order valence-corrected chi connectivity index (χ1v) is 8.04. The molecule has 0 spiro atoms. The maximum absolute atomic E-state index is 11.4. The highest BCUT2D eigenvalue weighted by molar-refractivity contribution is 6.30. The first kappa shape index (κ1) is 15.6. The number of aromatic amines is 1. The number of rotatable bonds is 5. The van der Waals surface area contributed by atoms with E-state index < -0.39 is 5.97 Å². The van der Waals surface area contributed by atoms with Gasteiger partial charge in [-0.1, -0.05) is 48.9 Å². The third-order valence-electron chi connectivity index (χ3n) is 4.24. The molecule has 1 aromatic heterocycles. The van der Waals surface area contributed by atoms with E-state index >= 15 is 0 Å². The van der Waals surface area contributed by atoms with Crippen molar-refractivity contribution in [3.05, 3.63) is 70.4 Å². The third kappa shape index (κ3) is 3.10. The van der Waals surface area contributed by atoms with Crippen molar-refractivity contribution in [2.45, 2.75) is 25.7 Å². The Morgan fingerprint density at radius 1 is 1.22 bits per heavy atom. The third-order valence-corrected chi connectivity index (χ3v) is 4.49. The zero-order chi connectivity index (χ0) is 16.4. The normalized spacial score (nSPS) is 12.4. The molecule has 0 bridgehead atoms. The number of aromatic nitrogens is 1. The summed E-state index contributed by atoms with van der Waals surface area (Å²) >= 11 is 5.96. The molecule has 4 heteroatoms. The summed E-state index contributed by atoms with van der Waals surface area (Å²) < 4.78 is 0. The van der Waals surface area contributed by atoms with Gasteiger partial charge in [-0.2, -0.15) is 0 Å². The Morgan fingerprint density at radius 2 is 1.96 bits per heavy atom. The highest BCUT2D eigenvalue weighted by Gasteiger charge is 2.21. The number of carboxylic acids is 1. The Labute approximate surface area is 139 Å². The van der Waals surface area contributed by atoms with E-state index in [9.17, 15) is 9.90 Å². The molecule has 3 rings (SSSR count). The molecule has 0 saturated carbocycles. The summed E-state index contributed by atoms with van der Waals surface area (Å²) in [7, 11) is 0. The van der Waals surface area contributed by atoms with E-state index in [1.165, 1.54) is 5.56 Å². The Balaban J connectivity index is 2.13. The summed E-state index contributed by atoms with van der Waals surface area (Å²) in [4.78, 5) is 14.7. The van der Waals surface area contributed by atoms with Crippen molar-refractivity contribution in [1.82, 2.24) is 4.98 Å². The molecule has 0 saturated heterocycles. The SMILES string of the molecule is CCc1cccc2c([C@H](CC(=O)O)c3ccc(Cl)cc3)c[nH]c12. The van der Waals surface area contributed by atoms with E-state index in [0.29, 0.717) is 5.02 Å². The quantitative estimate of drug-likeness (QED) is 0.693. The second kappa shape index (κ2) is 6.47. The number of halogens is 1. The number of para-hydroxylation sites is 1. The predicted molar refractivity (Wildman–Crippen MR) is 93.2 cm³/mol. The lowest BCUT2D eigenvalue weighted by atomic mass is 9.88. The Morgan fingerprint density at radius 3 is 2.61 bits per heavy atom. The number of H-pyrrole nitrogens is 1. The molecule has 0 fully saturated rings. The van der Waals surface area contributed by atoms with Crippen LogP contribution in [-0.4, -0.2) is 16.1 Å². The van der Waals surface area contributed by atoms with Crippen molar-refractivity contribution in [2.75, 3.05) is 0 Å². The van der Waals surface area contributed by atoms with Crippen LogP contribution in [0.4, 0.5) is 0 Å². The van der Waals surface area contributed by atoms with Gasteiger partial charge in [0, 0.05) is 28.0 Å². The molecular formula is C19H18ClNO2. The summed E-state index contributed by atoms with van der Waals surface area (Å²) in [5.74, 6) is -1.02. The van der Waals surface area contributed by atoms with Crippen LogP contribution in [0.1, 0.15) is 36.0 Å². The molecular weight excluding hydrogens is 310 g/mol. The van der Waals surface area contributed by atoms with Crippen molar-refractivity contribution in [3.8, 4) is 0 Å². The molecule has 1 heterocycles. The van der Waals surface area contributed by atoms with Gasteiger partial charge in [-0.25, -0.2) is 0 Å². The molecule has 0 radical (unpaired) electrons. The molecule has 1 atom stereocenters. The molecule has 0 aliphatic rings. The van der Waals surface area contributed by atoms with Gasteiger partial charge in [-0.15, -0.1) is 0 Å². The molecule has 0 aliphatic carbocycles. The van der Waals surface area contributed by atoms with Gasteiger partial charge in [-0.3, -0.25) is 4.79 Å². The fourth-order valence-electron chi connectivity index (χ4n) is 3.10. The number of carboxylic acid groups (broad SMARTS) is 1. The van der Waals surface area contributed by atoms with Crippen LogP contribution in [0.5, 0.6) is 0 Å². The second-order valence-electron chi connectivity index (χ2n) is 5.64. The number of carbonyl (C=O) groups is 1. The number of hydrogen-bond donors (Lipinski definition) is 2. The predicted octanol–water partition coefficient (Wildman–Crippen LogP) is 4.99. The molecule has 0 aliphatic heterocycles. The number of benzene rings is 2. The van der Waals surface area contributed by atoms with Crippen LogP contribution in [0.2, 0.25) is 5.02 Å². The second-order valence-corrected chi connectivity index (χ2v) is 6.08. The van der Waals surface area contributed by atoms with E-state index in [2.05, 4.69) is 18.0 Å². The number of aliphatic carboxylic acids is 1. The van der Waals surface area contributed by atoms with Crippen LogP contribution < -0.4 is 0 Å². The van der Waals surface area contributed by atoms with E-state index in [1.807, 2.05) is 30.5 Å². The number of nitrogens with one attached hydrogen (secondary N) is 1. The lowest BCUT2D eigenvalue weighted by Crippen LogP contribution is -2.07. The van der Waals surface area contributed by atoms with E-state index in [1.54, 1.807) is 12.1 Å². The lowest BCUT2D eigenvalue weighted by Gasteiger charge is -2.15. The van der Waals surface area contributed by atoms with Crippen molar-refractivity contribution in [2.24, 2.45) is 0 Å². The van der Waals surface area contributed by atoms with Gasteiger partial charge in [0.25, 0.3) is 0 Å². The molecule has 118 valence electrons. The van der Waals surface area contributed by atoms with Gasteiger partial charge in [-0.05, 0) is 35.2 Å². The van der Waals surface area contributed by atoms with Crippen LogP contribution in [0.25, 0.3) is 10.9 Å². The minimum absolute atomic E-state index is 0.0466. The maximum Gasteiger partial charge on any atom is 0.304 e. The molecule has 23 heavy (non-hydrogen) atoms. The fraction of sp³-hybridized carbons (Fsp3) is 0.211. The largest absolute Gasteiger partial charge is 0.481 e. The monoisotopic (exact) mass is 327 g/mol. The summed E-state index contributed by atoms with van der Waals surface area (Å²) in [6.45, 7) is 2.11. The van der Waals surface area contributed by atoms with Gasteiger partial charge in [0.2, 0.25) is 0 Å². The molecule has 3 nitrogen and oxygen atoms in total. The first-order valence-electron chi connectivity index (χ1n) is 7.66. The van der Waals surface area contributed by atoms with Crippen LogP contribution in [0, 0.1) is 0 Å². The van der Waals surface area contributed by atoms with Crippen molar-refractivity contribution < 1.29 is 9.90 Å². The van der Waals surface area contributed by atoms with E-state index in [-0.39, 0.29) is 12.3 Å². The highest BCUT2D eigenvalue weighted by atomic mass is 35.5. The van der Waals surface area contributed by atoms with Crippen LogP contribution in [0.3, 0.4) is 0 Å². The van der Waals surface area contributed by atoms with Gasteiger partial charge >= 0.3 is 5.97 Å². The topological polar surface area (TPSA) is 53.1 Å².